The number of nitrogens with two attached hydrogens (primary N) is 1. The van der Waals surface area contributed by atoms with Gasteiger partial charge >= 0.3 is 6.03 Å². The number of aryl methyl sites for hydroxylation is 2. The van der Waals surface area contributed by atoms with Gasteiger partial charge in [-0.25, -0.2) is 14.8 Å². The first-order valence-electron chi connectivity index (χ1n) is 12.3. The maximum Gasteiger partial charge on any atom is 0.314 e. The molecular formula is C26H30N8OS2. The molecule has 4 aromatic rings. The molecule has 1 fully saturated rings. The molecule has 0 radical (unpaired) electrons. The zero-order chi connectivity index (χ0) is 26.3. The molecule has 2 N–H and O–H groups in total. The predicted octanol–water partition coefficient (Wildman–Crippen LogP) is 5.01. The summed E-state index contributed by atoms with van der Waals surface area (Å²) in [7, 11) is 3.75. The number of fused-ring (bicyclic) bond motifs is 1. The Morgan fingerprint density at radius 3 is 2.68 bits per heavy atom. The van der Waals surface area contributed by atoms with Crippen LogP contribution in [0.3, 0.4) is 0 Å². The normalized spacial score (nSPS) is 15.6. The molecule has 2 amide bonds. The number of carbonyl (C=O) groups excluding carboxylic acids is 1. The molecule has 3 aromatic heterocycles. The van der Waals surface area contributed by atoms with Gasteiger partial charge in [0.05, 0.1) is 11.7 Å². The van der Waals surface area contributed by atoms with Crippen LogP contribution < -0.4 is 15.5 Å². The lowest BCUT2D eigenvalue weighted by atomic mass is 10.1. The van der Waals surface area contributed by atoms with Crippen molar-refractivity contribution in [3.8, 4) is 17.3 Å². The van der Waals surface area contributed by atoms with Crippen molar-refractivity contribution < 1.29 is 4.79 Å². The van der Waals surface area contributed by atoms with Crippen molar-refractivity contribution in [2.75, 3.05) is 37.0 Å². The quantitative estimate of drug-likeness (QED) is 0.373. The molecule has 0 spiro atoms. The summed E-state index contributed by atoms with van der Waals surface area (Å²) in [5, 5.41) is 11.7. The van der Waals surface area contributed by atoms with Gasteiger partial charge in [0.25, 0.3) is 0 Å². The number of benzene rings is 1. The summed E-state index contributed by atoms with van der Waals surface area (Å²) in [6.45, 7) is 5.81. The van der Waals surface area contributed by atoms with Crippen molar-refractivity contribution in [2.45, 2.75) is 39.2 Å². The second-order valence-corrected chi connectivity index (χ2v) is 11.3. The molecule has 0 bridgehead atoms. The topological polar surface area (TPSA) is 107 Å². The van der Waals surface area contributed by atoms with Gasteiger partial charge in [0.1, 0.15) is 27.5 Å². The highest BCUT2D eigenvalue weighted by Crippen LogP contribution is 2.39. The average Bonchev–Trinajstić information content (AvgIpc) is 3.61. The molecule has 5 rings (SSSR count). The van der Waals surface area contributed by atoms with Crippen molar-refractivity contribution in [1.29, 1.82) is 5.26 Å². The highest BCUT2D eigenvalue weighted by Gasteiger charge is 2.28. The van der Waals surface area contributed by atoms with Gasteiger partial charge in [0, 0.05) is 38.9 Å². The Morgan fingerprint density at radius 2 is 2.00 bits per heavy atom. The number of rotatable bonds is 6. The summed E-state index contributed by atoms with van der Waals surface area (Å²) in [5.41, 5.74) is 9.32. The van der Waals surface area contributed by atoms with E-state index < -0.39 is 6.03 Å². The van der Waals surface area contributed by atoms with E-state index in [0.717, 1.165) is 64.5 Å². The number of amides is 2. The van der Waals surface area contributed by atoms with Gasteiger partial charge in [-0.05, 0) is 26.2 Å². The number of nitrogens with zero attached hydrogens (tertiary/aromatic N) is 7. The number of hydrogen-bond acceptors (Lipinski definition) is 8. The standard InChI is InChI=1S/C26H30N8OS2/c1-5-19-23(32(4)25-30-22(20(13-27)36-25)17-10-8-16(2)9-11-17)34-15-21(37-26(34)29-19)33-12-6-7-18(14-33)31(3)24(28)35/h8-11,15,18H,5-7,12,14H2,1-4H3,(H2,28,35). The lowest BCUT2D eigenvalue weighted by Crippen LogP contribution is -2.50. The second kappa shape index (κ2) is 10.0. The van der Waals surface area contributed by atoms with E-state index in [1.165, 1.54) is 16.9 Å². The van der Waals surface area contributed by atoms with Crippen molar-refractivity contribution in [3.63, 3.8) is 0 Å². The molecule has 0 saturated carbocycles. The fourth-order valence-corrected chi connectivity index (χ4v) is 6.67. The van der Waals surface area contributed by atoms with Gasteiger partial charge in [-0.1, -0.05) is 59.4 Å². The Balaban J connectivity index is 1.49. The number of hydrogen-bond donors (Lipinski definition) is 1. The lowest BCUT2D eigenvalue weighted by Gasteiger charge is -2.37. The highest BCUT2D eigenvalue weighted by molar-refractivity contribution is 7.21. The van der Waals surface area contributed by atoms with E-state index in [1.807, 2.05) is 43.1 Å². The molecule has 9 nitrogen and oxygen atoms in total. The number of likely N-dealkylation sites (N-methyl/N-ethyl adjacent to an activating group) is 1. The van der Waals surface area contributed by atoms with Gasteiger partial charge < -0.3 is 20.4 Å². The third-order valence-corrected chi connectivity index (χ3v) is 9.02. The van der Waals surface area contributed by atoms with E-state index in [2.05, 4.69) is 28.5 Å². The number of primary amides is 1. The summed E-state index contributed by atoms with van der Waals surface area (Å²) in [4.78, 5) is 29.0. The molecule has 1 aliphatic heterocycles. The fourth-order valence-electron chi connectivity index (χ4n) is 4.78. The summed E-state index contributed by atoms with van der Waals surface area (Å²) in [6.07, 6.45) is 4.85. The maximum absolute atomic E-state index is 11.7. The van der Waals surface area contributed by atoms with Crippen LogP contribution in [0.4, 0.5) is 20.7 Å². The van der Waals surface area contributed by atoms with Gasteiger partial charge in [-0.15, -0.1) is 0 Å². The zero-order valence-electron chi connectivity index (χ0n) is 21.4. The minimum atomic E-state index is -0.394. The van der Waals surface area contributed by atoms with Crippen LogP contribution in [0, 0.1) is 18.3 Å². The van der Waals surface area contributed by atoms with E-state index >= 15 is 0 Å². The predicted molar refractivity (Wildman–Crippen MR) is 150 cm³/mol. The number of nitriles is 1. The van der Waals surface area contributed by atoms with Crippen LogP contribution in [0.25, 0.3) is 16.2 Å². The molecule has 37 heavy (non-hydrogen) atoms. The Morgan fingerprint density at radius 1 is 1.24 bits per heavy atom. The molecule has 11 heteroatoms. The van der Waals surface area contributed by atoms with Crippen molar-refractivity contribution >= 4 is 49.6 Å². The SMILES string of the molecule is CCc1nc2sc(N3CCCC(N(C)C(N)=O)C3)cn2c1N(C)c1nc(-c2ccc(C)cc2)c(C#N)s1. The maximum atomic E-state index is 11.7. The van der Waals surface area contributed by atoms with Gasteiger partial charge in [0.2, 0.25) is 0 Å². The van der Waals surface area contributed by atoms with Crippen LogP contribution in [-0.2, 0) is 6.42 Å². The molecular weight excluding hydrogens is 504 g/mol. The third kappa shape index (κ3) is 4.63. The van der Waals surface area contributed by atoms with Crippen LogP contribution in [0.1, 0.15) is 35.9 Å². The number of thiazole rings is 2. The van der Waals surface area contributed by atoms with Gasteiger partial charge in [0.15, 0.2) is 10.1 Å². The Bertz CT molecular complexity index is 1480. The second-order valence-electron chi connectivity index (χ2n) is 9.36. The molecule has 1 unspecified atom stereocenters. The summed E-state index contributed by atoms with van der Waals surface area (Å²) in [6, 6.07) is 10.1. The van der Waals surface area contributed by atoms with Crippen molar-refractivity contribution in [2.24, 2.45) is 5.73 Å². The van der Waals surface area contributed by atoms with Gasteiger partial charge in [-0.2, -0.15) is 5.26 Å². The molecule has 1 aromatic carbocycles. The molecule has 1 aliphatic rings. The Labute approximate surface area is 224 Å². The minimum absolute atomic E-state index is 0.0916. The Hall–Kier alpha value is -3.62. The zero-order valence-corrected chi connectivity index (χ0v) is 23.1. The summed E-state index contributed by atoms with van der Waals surface area (Å²) < 4.78 is 2.12. The number of piperidine rings is 1. The van der Waals surface area contributed by atoms with E-state index in [9.17, 15) is 10.1 Å². The van der Waals surface area contributed by atoms with Crippen LogP contribution in [0.2, 0.25) is 0 Å². The first-order valence-corrected chi connectivity index (χ1v) is 13.9. The smallest absolute Gasteiger partial charge is 0.314 e. The molecule has 192 valence electrons. The van der Waals surface area contributed by atoms with Crippen LogP contribution >= 0.6 is 22.7 Å². The fraction of sp³-hybridized carbons (Fsp3) is 0.385. The molecule has 4 heterocycles. The first kappa shape index (κ1) is 25.0. The van der Waals surface area contributed by atoms with Crippen LogP contribution in [0.5, 0.6) is 0 Å². The average molecular weight is 535 g/mol. The largest absolute Gasteiger partial charge is 0.360 e. The van der Waals surface area contributed by atoms with E-state index in [-0.39, 0.29) is 6.04 Å². The minimum Gasteiger partial charge on any atom is -0.360 e. The highest BCUT2D eigenvalue weighted by atomic mass is 32.1. The number of imidazole rings is 1. The third-order valence-electron chi connectivity index (χ3n) is 6.94. The number of aromatic nitrogens is 3. The molecule has 1 saturated heterocycles. The number of carbonyl (C=O) groups is 1. The van der Waals surface area contributed by atoms with Crippen LogP contribution in [-0.4, -0.2) is 58.5 Å². The lowest BCUT2D eigenvalue weighted by molar-refractivity contribution is 0.192. The summed E-state index contributed by atoms with van der Waals surface area (Å²) in [5.74, 6) is 0.955. The van der Waals surface area contributed by atoms with Crippen molar-refractivity contribution in [3.05, 3.63) is 46.6 Å². The van der Waals surface area contributed by atoms with Gasteiger partial charge in [-0.3, -0.25) is 4.40 Å². The number of anilines is 3. The van der Waals surface area contributed by atoms with E-state index in [0.29, 0.717) is 10.6 Å². The first-order chi connectivity index (χ1) is 17.8. The van der Waals surface area contributed by atoms with E-state index in [4.69, 9.17) is 15.7 Å². The Kier molecular flexibility index (Phi) is 6.79. The number of urea groups is 1. The molecule has 0 aliphatic carbocycles. The summed E-state index contributed by atoms with van der Waals surface area (Å²) >= 11 is 3.04. The van der Waals surface area contributed by atoms with E-state index in [1.54, 1.807) is 23.3 Å². The molecule has 1 atom stereocenters. The monoisotopic (exact) mass is 534 g/mol. The van der Waals surface area contributed by atoms with Crippen molar-refractivity contribution in [1.82, 2.24) is 19.3 Å². The van der Waals surface area contributed by atoms with Crippen LogP contribution in [0.15, 0.2) is 30.5 Å².